The molecule has 116 valence electrons. The molecule has 2 aromatic heterocycles. The molecule has 1 N–H and O–H groups in total. The van der Waals surface area contributed by atoms with E-state index in [1.54, 1.807) is 17.1 Å². The second-order valence-electron chi connectivity index (χ2n) is 4.71. The van der Waals surface area contributed by atoms with Crippen LogP contribution in [0.4, 0.5) is 10.6 Å². The SMILES string of the molecule is O=C(Nc1ccncn1)OCc1ccc(Cn2cncn2)cc1. The van der Waals surface area contributed by atoms with Gasteiger partial charge in [0.1, 0.15) is 31.4 Å². The van der Waals surface area contributed by atoms with Gasteiger partial charge in [0.2, 0.25) is 0 Å². The summed E-state index contributed by atoms with van der Waals surface area (Å²) in [5, 5.41) is 6.57. The predicted molar refractivity (Wildman–Crippen MR) is 81.4 cm³/mol. The molecule has 0 atom stereocenters. The van der Waals surface area contributed by atoms with Crippen molar-refractivity contribution in [1.29, 1.82) is 0 Å². The number of anilines is 1. The average molecular weight is 310 g/mol. The third kappa shape index (κ3) is 4.34. The summed E-state index contributed by atoms with van der Waals surface area (Å²) in [5.41, 5.74) is 1.98. The summed E-state index contributed by atoms with van der Waals surface area (Å²) in [6.45, 7) is 0.829. The van der Waals surface area contributed by atoms with Crippen molar-refractivity contribution >= 4 is 11.9 Å². The van der Waals surface area contributed by atoms with E-state index in [2.05, 4.69) is 25.4 Å². The molecule has 0 saturated carbocycles. The number of carbonyl (C=O) groups excluding carboxylic acids is 1. The Morgan fingerprint density at radius 3 is 2.61 bits per heavy atom. The van der Waals surface area contributed by atoms with Gasteiger partial charge >= 0.3 is 6.09 Å². The first-order valence-corrected chi connectivity index (χ1v) is 6.89. The molecule has 0 radical (unpaired) electrons. The monoisotopic (exact) mass is 310 g/mol. The first kappa shape index (κ1) is 14.6. The van der Waals surface area contributed by atoms with Crippen molar-refractivity contribution in [3.63, 3.8) is 0 Å². The molecule has 0 aliphatic heterocycles. The van der Waals surface area contributed by atoms with Crippen molar-refractivity contribution in [2.45, 2.75) is 13.2 Å². The van der Waals surface area contributed by atoms with Gasteiger partial charge in [0.25, 0.3) is 0 Å². The Kier molecular flexibility index (Phi) is 4.53. The van der Waals surface area contributed by atoms with Crippen LogP contribution in [0.2, 0.25) is 0 Å². The molecule has 0 spiro atoms. The predicted octanol–water partition coefficient (Wildman–Crippen LogP) is 1.87. The normalized spacial score (nSPS) is 10.3. The summed E-state index contributed by atoms with van der Waals surface area (Å²) in [5.74, 6) is 0.396. The van der Waals surface area contributed by atoms with Crippen molar-refractivity contribution in [2.75, 3.05) is 5.32 Å². The fraction of sp³-hybridized carbons (Fsp3) is 0.133. The lowest BCUT2D eigenvalue weighted by atomic mass is 10.1. The zero-order chi connectivity index (χ0) is 15.9. The highest BCUT2D eigenvalue weighted by molar-refractivity contribution is 5.83. The number of amides is 1. The Labute approximate surface area is 132 Å². The smallest absolute Gasteiger partial charge is 0.413 e. The molecular formula is C15H14N6O2. The van der Waals surface area contributed by atoms with Crippen LogP contribution in [0, 0.1) is 0 Å². The molecule has 3 aromatic rings. The lowest BCUT2D eigenvalue weighted by Crippen LogP contribution is -2.14. The van der Waals surface area contributed by atoms with Crippen molar-refractivity contribution in [3.8, 4) is 0 Å². The van der Waals surface area contributed by atoms with Crippen LogP contribution in [0.25, 0.3) is 0 Å². The zero-order valence-corrected chi connectivity index (χ0v) is 12.2. The highest BCUT2D eigenvalue weighted by Gasteiger charge is 2.04. The van der Waals surface area contributed by atoms with Crippen LogP contribution >= 0.6 is 0 Å². The van der Waals surface area contributed by atoms with Crippen molar-refractivity contribution in [3.05, 3.63) is 66.6 Å². The second-order valence-corrected chi connectivity index (χ2v) is 4.71. The van der Waals surface area contributed by atoms with Gasteiger partial charge in [-0.25, -0.2) is 24.4 Å². The van der Waals surface area contributed by atoms with Gasteiger partial charge in [-0.3, -0.25) is 5.32 Å². The van der Waals surface area contributed by atoms with Gasteiger partial charge in [-0.1, -0.05) is 24.3 Å². The van der Waals surface area contributed by atoms with E-state index in [1.165, 1.54) is 18.9 Å². The molecule has 0 unspecified atom stereocenters. The minimum Gasteiger partial charge on any atom is -0.444 e. The van der Waals surface area contributed by atoms with Crippen LogP contribution in [0.1, 0.15) is 11.1 Å². The minimum atomic E-state index is -0.560. The number of ether oxygens (including phenoxy) is 1. The molecule has 0 aliphatic carbocycles. The van der Waals surface area contributed by atoms with E-state index in [-0.39, 0.29) is 6.61 Å². The summed E-state index contributed by atoms with van der Waals surface area (Å²) in [6.07, 6.45) is 5.49. The van der Waals surface area contributed by atoms with E-state index < -0.39 is 6.09 Å². The van der Waals surface area contributed by atoms with Crippen molar-refractivity contribution in [2.24, 2.45) is 0 Å². The number of hydrogen-bond donors (Lipinski definition) is 1. The third-order valence-corrected chi connectivity index (χ3v) is 3.02. The van der Waals surface area contributed by atoms with Gasteiger partial charge in [-0.2, -0.15) is 5.10 Å². The van der Waals surface area contributed by atoms with Crippen LogP contribution in [0.5, 0.6) is 0 Å². The molecule has 1 amide bonds. The van der Waals surface area contributed by atoms with Crippen LogP contribution in [0.15, 0.2) is 55.5 Å². The van der Waals surface area contributed by atoms with Gasteiger partial charge in [-0.15, -0.1) is 0 Å². The Morgan fingerprint density at radius 2 is 1.91 bits per heavy atom. The van der Waals surface area contributed by atoms with E-state index in [1.807, 2.05) is 24.3 Å². The largest absolute Gasteiger partial charge is 0.444 e. The average Bonchev–Trinajstić information content (AvgIpc) is 3.08. The van der Waals surface area contributed by atoms with E-state index >= 15 is 0 Å². The van der Waals surface area contributed by atoms with E-state index in [0.717, 1.165) is 11.1 Å². The molecule has 0 aliphatic rings. The van der Waals surface area contributed by atoms with E-state index in [9.17, 15) is 4.79 Å². The highest BCUT2D eigenvalue weighted by atomic mass is 16.5. The maximum Gasteiger partial charge on any atom is 0.413 e. The maximum atomic E-state index is 11.7. The number of nitrogens with one attached hydrogen (secondary N) is 1. The first-order chi connectivity index (χ1) is 11.3. The second kappa shape index (κ2) is 7.12. The number of aromatic nitrogens is 5. The third-order valence-electron chi connectivity index (χ3n) is 3.02. The number of hydrogen-bond acceptors (Lipinski definition) is 6. The van der Waals surface area contributed by atoms with Crippen molar-refractivity contribution < 1.29 is 9.53 Å². The molecule has 0 bridgehead atoms. The highest BCUT2D eigenvalue weighted by Crippen LogP contribution is 2.08. The van der Waals surface area contributed by atoms with Gasteiger partial charge < -0.3 is 4.74 Å². The lowest BCUT2D eigenvalue weighted by Gasteiger charge is -2.07. The summed E-state index contributed by atoms with van der Waals surface area (Å²) in [7, 11) is 0. The van der Waals surface area contributed by atoms with Crippen LogP contribution < -0.4 is 5.32 Å². The summed E-state index contributed by atoms with van der Waals surface area (Å²) >= 11 is 0. The Morgan fingerprint density at radius 1 is 1.09 bits per heavy atom. The Hall–Kier alpha value is -3.29. The van der Waals surface area contributed by atoms with Crippen LogP contribution in [-0.4, -0.2) is 30.8 Å². The molecule has 23 heavy (non-hydrogen) atoms. The molecule has 3 rings (SSSR count). The number of benzene rings is 1. The quantitative estimate of drug-likeness (QED) is 0.773. The van der Waals surface area contributed by atoms with Crippen molar-refractivity contribution in [1.82, 2.24) is 24.7 Å². The van der Waals surface area contributed by atoms with Gasteiger partial charge in [0, 0.05) is 6.20 Å². The van der Waals surface area contributed by atoms with E-state index in [4.69, 9.17) is 4.74 Å². The summed E-state index contributed by atoms with van der Waals surface area (Å²) in [6, 6.07) is 9.32. The molecule has 2 heterocycles. The van der Waals surface area contributed by atoms with Crippen LogP contribution in [0.3, 0.4) is 0 Å². The molecule has 0 saturated heterocycles. The number of nitrogens with zero attached hydrogens (tertiary/aromatic N) is 5. The van der Waals surface area contributed by atoms with Gasteiger partial charge in [0.05, 0.1) is 6.54 Å². The first-order valence-electron chi connectivity index (χ1n) is 6.89. The summed E-state index contributed by atoms with van der Waals surface area (Å²) < 4.78 is 6.88. The zero-order valence-electron chi connectivity index (χ0n) is 12.2. The number of rotatable bonds is 5. The van der Waals surface area contributed by atoms with E-state index in [0.29, 0.717) is 12.4 Å². The topological polar surface area (TPSA) is 94.8 Å². The fourth-order valence-corrected chi connectivity index (χ4v) is 1.90. The molecular weight excluding hydrogens is 296 g/mol. The summed E-state index contributed by atoms with van der Waals surface area (Å²) in [4.78, 5) is 23.2. The molecule has 0 fully saturated rings. The minimum absolute atomic E-state index is 0.181. The molecule has 1 aromatic carbocycles. The standard InChI is InChI=1S/C15H14N6O2/c22-15(20-14-5-6-16-9-18-14)23-8-13-3-1-12(2-4-13)7-21-11-17-10-19-21/h1-6,9-11H,7-8H2,(H,16,18,20,22). The molecule has 8 heteroatoms. The Balaban J connectivity index is 1.49. The molecule has 8 nitrogen and oxygen atoms in total. The van der Waals surface area contributed by atoms with Gasteiger partial charge in [0.15, 0.2) is 0 Å². The number of carbonyl (C=O) groups is 1. The lowest BCUT2D eigenvalue weighted by molar-refractivity contribution is 0.155. The maximum absolute atomic E-state index is 11.7. The van der Waals surface area contributed by atoms with Gasteiger partial charge in [-0.05, 0) is 17.2 Å². The Bertz CT molecular complexity index is 743. The fourth-order valence-electron chi connectivity index (χ4n) is 1.90. The van der Waals surface area contributed by atoms with Crippen LogP contribution in [-0.2, 0) is 17.9 Å².